The largest absolute Gasteiger partial charge is 0.395 e. The van der Waals surface area contributed by atoms with Gasteiger partial charge in [-0.05, 0) is 44.1 Å². The first-order valence-electron chi connectivity index (χ1n) is 4.92. The molecule has 0 fully saturated rings. The molecule has 0 radical (unpaired) electrons. The van der Waals surface area contributed by atoms with Gasteiger partial charge >= 0.3 is 0 Å². The summed E-state index contributed by atoms with van der Waals surface area (Å²) in [6.07, 6.45) is 0. The number of hydrogen-bond donors (Lipinski definition) is 1. The van der Waals surface area contributed by atoms with Crippen LogP contribution in [-0.4, -0.2) is 19.1 Å². The van der Waals surface area contributed by atoms with Crippen molar-refractivity contribution in [2.24, 2.45) is 0 Å². The molecule has 0 saturated heterocycles. The number of nitrogen functional groups attached to an aromatic ring is 1. The van der Waals surface area contributed by atoms with E-state index in [9.17, 15) is 0 Å². The molecule has 2 rings (SSSR count). The van der Waals surface area contributed by atoms with Crippen molar-refractivity contribution >= 4 is 29.0 Å². The number of nitrogens with two attached hydrogens (primary N) is 1. The smallest absolute Gasteiger partial charge is 0.176 e. The molecule has 7 heteroatoms. The van der Waals surface area contributed by atoms with Crippen LogP contribution in [0.15, 0.2) is 9.37 Å². The number of aryl methyl sites for hydroxylation is 3. The highest BCUT2D eigenvalue weighted by molar-refractivity contribution is 8.01. The van der Waals surface area contributed by atoms with Crippen molar-refractivity contribution in [1.29, 1.82) is 0 Å². The van der Waals surface area contributed by atoms with Crippen molar-refractivity contribution in [3.8, 4) is 0 Å². The van der Waals surface area contributed by atoms with Gasteiger partial charge in [-0.25, -0.2) is 4.98 Å². The molecule has 0 aliphatic carbocycles. The third kappa shape index (κ3) is 2.05. The maximum Gasteiger partial charge on any atom is 0.176 e. The number of nitrogens with zero attached hydrogens (tertiary/aromatic N) is 4. The standard InChI is InChI=1S/C9H13N5S2/c1-4-14-8(7(10)5(2)12-14)15-9-11-6(3)13-16-9/h4,10H2,1-3H3. The van der Waals surface area contributed by atoms with E-state index in [4.69, 9.17) is 5.73 Å². The summed E-state index contributed by atoms with van der Waals surface area (Å²) in [5.41, 5.74) is 7.59. The van der Waals surface area contributed by atoms with Gasteiger partial charge in [-0.1, -0.05) is 0 Å². The number of rotatable bonds is 3. The zero-order valence-electron chi connectivity index (χ0n) is 9.39. The molecule has 0 aromatic carbocycles. The summed E-state index contributed by atoms with van der Waals surface area (Å²) < 4.78 is 6.94. The Bertz CT molecular complexity index is 502. The quantitative estimate of drug-likeness (QED) is 0.909. The lowest BCUT2D eigenvalue weighted by Gasteiger charge is -2.01. The highest BCUT2D eigenvalue weighted by atomic mass is 32.2. The summed E-state index contributed by atoms with van der Waals surface area (Å²) in [6.45, 7) is 6.64. The van der Waals surface area contributed by atoms with Crippen LogP contribution < -0.4 is 5.73 Å². The van der Waals surface area contributed by atoms with Gasteiger partial charge in [0.25, 0.3) is 0 Å². The number of aromatic nitrogens is 4. The third-order valence-electron chi connectivity index (χ3n) is 2.12. The molecule has 2 aromatic heterocycles. The van der Waals surface area contributed by atoms with E-state index in [0.29, 0.717) is 0 Å². The predicted octanol–water partition coefficient (Wildman–Crippen LogP) is 2.10. The van der Waals surface area contributed by atoms with Crippen LogP contribution in [0.1, 0.15) is 18.4 Å². The summed E-state index contributed by atoms with van der Waals surface area (Å²) >= 11 is 2.91. The van der Waals surface area contributed by atoms with Gasteiger partial charge in [0, 0.05) is 6.54 Å². The van der Waals surface area contributed by atoms with E-state index in [1.165, 1.54) is 23.3 Å². The normalized spacial score (nSPS) is 10.9. The van der Waals surface area contributed by atoms with Crippen LogP contribution in [0.3, 0.4) is 0 Å². The molecule has 0 bridgehead atoms. The van der Waals surface area contributed by atoms with Crippen molar-refractivity contribution in [2.75, 3.05) is 5.73 Å². The minimum absolute atomic E-state index is 0.736. The van der Waals surface area contributed by atoms with Crippen LogP contribution in [0.5, 0.6) is 0 Å². The first-order valence-corrected chi connectivity index (χ1v) is 6.51. The number of anilines is 1. The molecular formula is C9H13N5S2. The summed E-state index contributed by atoms with van der Waals surface area (Å²) in [5.74, 6) is 0.797. The van der Waals surface area contributed by atoms with E-state index in [1.54, 1.807) is 0 Å². The highest BCUT2D eigenvalue weighted by Gasteiger charge is 2.14. The minimum atomic E-state index is 0.736. The van der Waals surface area contributed by atoms with Crippen molar-refractivity contribution in [1.82, 2.24) is 19.1 Å². The van der Waals surface area contributed by atoms with Gasteiger partial charge in [0.1, 0.15) is 10.9 Å². The van der Waals surface area contributed by atoms with Gasteiger partial charge in [-0.2, -0.15) is 9.47 Å². The van der Waals surface area contributed by atoms with Crippen LogP contribution in [-0.2, 0) is 6.54 Å². The van der Waals surface area contributed by atoms with E-state index in [0.717, 1.165) is 33.1 Å². The molecule has 16 heavy (non-hydrogen) atoms. The second-order valence-electron chi connectivity index (χ2n) is 3.33. The molecule has 0 spiro atoms. The Kier molecular flexibility index (Phi) is 3.15. The predicted molar refractivity (Wildman–Crippen MR) is 65.8 cm³/mol. The fourth-order valence-electron chi connectivity index (χ4n) is 1.30. The molecule has 0 unspecified atom stereocenters. The van der Waals surface area contributed by atoms with Crippen molar-refractivity contribution in [2.45, 2.75) is 36.7 Å². The molecule has 2 N–H and O–H groups in total. The van der Waals surface area contributed by atoms with Gasteiger partial charge in [-0.3, -0.25) is 4.68 Å². The Morgan fingerprint density at radius 3 is 2.75 bits per heavy atom. The molecule has 86 valence electrons. The fourth-order valence-corrected chi connectivity index (χ4v) is 3.10. The SMILES string of the molecule is CCn1nc(C)c(N)c1Sc1nc(C)ns1. The topological polar surface area (TPSA) is 69.6 Å². The Balaban J connectivity index is 2.33. The lowest BCUT2D eigenvalue weighted by molar-refractivity contribution is 0.602. The number of hydrogen-bond acceptors (Lipinski definition) is 6. The van der Waals surface area contributed by atoms with E-state index in [2.05, 4.69) is 14.5 Å². The molecular weight excluding hydrogens is 242 g/mol. The summed E-state index contributed by atoms with van der Waals surface area (Å²) in [7, 11) is 0. The zero-order chi connectivity index (χ0) is 11.7. The van der Waals surface area contributed by atoms with E-state index >= 15 is 0 Å². The molecule has 5 nitrogen and oxygen atoms in total. The summed E-state index contributed by atoms with van der Waals surface area (Å²) in [4.78, 5) is 4.31. The van der Waals surface area contributed by atoms with E-state index in [1.807, 2.05) is 25.5 Å². The molecule has 0 aliphatic heterocycles. The first kappa shape index (κ1) is 11.4. The minimum Gasteiger partial charge on any atom is -0.395 e. The maximum absolute atomic E-state index is 5.99. The van der Waals surface area contributed by atoms with Crippen LogP contribution >= 0.6 is 23.3 Å². The third-order valence-corrected chi connectivity index (χ3v) is 4.08. The summed E-state index contributed by atoms with van der Waals surface area (Å²) in [5, 5.41) is 5.31. The van der Waals surface area contributed by atoms with Gasteiger partial charge in [0.05, 0.1) is 11.4 Å². The van der Waals surface area contributed by atoms with E-state index < -0.39 is 0 Å². The molecule has 2 heterocycles. The van der Waals surface area contributed by atoms with Crippen LogP contribution in [0.4, 0.5) is 5.69 Å². The van der Waals surface area contributed by atoms with Crippen LogP contribution in [0.25, 0.3) is 0 Å². The van der Waals surface area contributed by atoms with Crippen molar-refractivity contribution in [3.63, 3.8) is 0 Å². The second-order valence-corrected chi connectivity index (χ2v) is 5.32. The average Bonchev–Trinajstić information content (AvgIpc) is 2.77. The van der Waals surface area contributed by atoms with Gasteiger partial charge in [-0.15, -0.1) is 0 Å². The zero-order valence-corrected chi connectivity index (χ0v) is 11.0. The maximum atomic E-state index is 5.99. The highest BCUT2D eigenvalue weighted by Crippen LogP contribution is 2.34. The van der Waals surface area contributed by atoms with Crippen molar-refractivity contribution < 1.29 is 0 Å². The Morgan fingerprint density at radius 2 is 2.19 bits per heavy atom. The van der Waals surface area contributed by atoms with Crippen molar-refractivity contribution in [3.05, 3.63) is 11.5 Å². The van der Waals surface area contributed by atoms with Crippen LogP contribution in [0.2, 0.25) is 0 Å². The lowest BCUT2D eigenvalue weighted by Crippen LogP contribution is -1.98. The van der Waals surface area contributed by atoms with Gasteiger partial charge in [0.2, 0.25) is 0 Å². The molecule has 0 aliphatic rings. The average molecular weight is 255 g/mol. The molecule has 2 aromatic rings. The monoisotopic (exact) mass is 255 g/mol. The van der Waals surface area contributed by atoms with E-state index in [-0.39, 0.29) is 0 Å². The van der Waals surface area contributed by atoms with Gasteiger partial charge < -0.3 is 5.73 Å². The second kappa shape index (κ2) is 4.42. The molecule has 0 saturated carbocycles. The van der Waals surface area contributed by atoms with Gasteiger partial charge in [0.15, 0.2) is 4.34 Å². The first-order chi connectivity index (χ1) is 7.61. The molecule has 0 amide bonds. The van der Waals surface area contributed by atoms with Crippen LogP contribution in [0, 0.1) is 13.8 Å². The Hall–Kier alpha value is -1.08. The Labute approximate surface area is 102 Å². The summed E-state index contributed by atoms with van der Waals surface area (Å²) in [6, 6.07) is 0. The fraction of sp³-hybridized carbons (Fsp3) is 0.444. The lowest BCUT2D eigenvalue weighted by atomic mass is 10.4. The molecule has 0 atom stereocenters. The Morgan fingerprint density at radius 1 is 1.44 bits per heavy atom.